The number of hydrogen-bond acceptors (Lipinski definition) is 1. The van der Waals surface area contributed by atoms with Crippen molar-refractivity contribution in [2.24, 2.45) is 11.3 Å². The lowest BCUT2D eigenvalue weighted by Crippen LogP contribution is -2.34. The molecule has 100 valence electrons. The Kier molecular flexibility index (Phi) is 6.01. The molecule has 0 aliphatic heterocycles. The van der Waals surface area contributed by atoms with Crippen LogP contribution in [0.3, 0.4) is 0 Å². The van der Waals surface area contributed by atoms with E-state index >= 15 is 0 Å². The molecule has 2 nitrogen and oxygen atoms in total. The van der Waals surface area contributed by atoms with Crippen molar-refractivity contribution in [2.75, 3.05) is 0 Å². The molecule has 0 radical (unpaired) electrons. The molecule has 1 fully saturated rings. The number of carboxylic acid groups (broad SMARTS) is 1. The lowest BCUT2D eigenvalue weighted by molar-refractivity contribution is -0.151. The fraction of sp³-hybridized carbons (Fsp3) is 0.933. The van der Waals surface area contributed by atoms with Gasteiger partial charge in [-0.15, -0.1) is 0 Å². The van der Waals surface area contributed by atoms with Crippen LogP contribution in [-0.2, 0) is 4.79 Å². The van der Waals surface area contributed by atoms with Crippen LogP contribution in [-0.4, -0.2) is 11.1 Å². The third kappa shape index (κ3) is 4.01. The molecule has 0 aromatic heterocycles. The first kappa shape index (κ1) is 14.5. The smallest absolute Gasteiger partial charge is 0.309 e. The highest BCUT2D eigenvalue weighted by molar-refractivity contribution is 5.74. The van der Waals surface area contributed by atoms with Crippen LogP contribution in [0, 0.1) is 11.3 Å². The maximum atomic E-state index is 11.7. The molecule has 1 N–H and O–H groups in total. The molecule has 1 aliphatic carbocycles. The molecule has 1 aliphatic rings. The molecule has 1 rings (SSSR count). The summed E-state index contributed by atoms with van der Waals surface area (Å²) in [6, 6.07) is 0. The molecular weight excluding hydrogens is 212 g/mol. The topological polar surface area (TPSA) is 37.3 Å². The molecule has 2 heteroatoms. The van der Waals surface area contributed by atoms with Crippen LogP contribution in [0.5, 0.6) is 0 Å². The maximum Gasteiger partial charge on any atom is 0.309 e. The molecule has 0 saturated heterocycles. The van der Waals surface area contributed by atoms with E-state index in [9.17, 15) is 9.90 Å². The van der Waals surface area contributed by atoms with Crippen molar-refractivity contribution in [3.63, 3.8) is 0 Å². The average Bonchev–Trinajstić information content (AvgIpc) is 2.28. The first-order chi connectivity index (χ1) is 8.14. The Balaban J connectivity index is 2.74. The van der Waals surface area contributed by atoms with Gasteiger partial charge in [-0.3, -0.25) is 4.79 Å². The molecule has 1 saturated carbocycles. The number of hydrogen-bond donors (Lipinski definition) is 1. The first-order valence-corrected chi connectivity index (χ1v) is 7.38. The molecule has 0 amide bonds. The number of carbonyl (C=O) groups is 1. The van der Waals surface area contributed by atoms with E-state index in [4.69, 9.17) is 0 Å². The van der Waals surface area contributed by atoms with E-state index in [0.717, 1.165) is 44.9 Å². The zero-order chi connectivity index (χ0) is 12.7. The van der Waals surface area contributed by atoms with Gasteiger partial charge in [-0.25, -0.2) is 0 Å². The van der Waals surface area contributed by atoms with E-state index in [-0.39, 0.29) is 0 Å². The minimum Gasteiger partial charge on any atom is -0.481 e. The van der Waals surface area contributed by atoms with Gasteiger partial charge < -0.3 is 5.11 Å². The Bertz CT molecular complexity index is 223. The zero-order valence-corrected chi connectivity index (χ0v) is 11.5. The van der Waals surface area contributed by atoms with Crippen molar-refractivity contribution in [3.8, 4) is 0 Å². The second-order valence-corrected chi connectivity index (χ2v) is 5.74. The molecule has 0 atom stereocenters. The van der Waals surface area contributed by atoms with E-state index in [2.05, 4.69) is 13.8 Å². The summed E-state index contributed by atoms with van der Waals surface area (Å²) in [5, 5.41) is 9.65. The summed E-state index contributed by atoms with van der Waals surface area (Å²) in [7, 11) is 0. The van der Waals surface area contributed by atoms with Crippen molar-refractivity contribution >= 4 is 5.97 Å². The molecule has 0 bridgehead atoms. The van der Waals surface area contributed by atoms with Crippen molar-refractivity contribution < 1.29 is 9.90 Å². The van der Waals surface area contributed by atoms with E-state index < -0.39 is 11.4 Å². The van der Waals surface area contributed by atoms with Crippen LogP contribution in [0.15, 0.2) is 0 Å². The van der Waals surface area contributed by atoms with Gasteiger partial charge in [0.25, 0.3) is 0 Å². The lowest BCUT2D eigenvalue weighted by Gasteiger charge is -2.34. The van der Waals surface area contributed by atoms with Gasteiger partial charge >= 0.3 is 5.97 Å². The zero-order valence-electron chi connectivity index (χ0n) is 11.5. The van der Waals surface area contributed by atoms with E-state index in [1.807, 2.05) is 0 Å². The van der Waals surface area contributed by atoms with Gasteiger partial charge in [0, 0.05) is 0 Å². The van der Waals surface area contributed by atoms with Crippen LogP contribution >= 0.6 is 0 Å². The Morgan fingerprint density at radius 3 is 1.94 bits per heavy atom. The molecular formula is C15H28O2. The van der Waals surface area contributed by atoms with Gasteiger partial charge in [-0.05, 0) is 25.2 Å². The van der Waals surface area contributed by atoms with Gasteiger partial charge in [-0.2, -0.15) is 0 Å². The van der Waals surface area contributed by atoms with Gasteiger partial charge in [0.05, 0.1) is 5.41 Å². The largest absolute Gasteiger partial charge is 0.481 e. The third-order valence-electron chi connectivity index (χ3n) is 4.60. The Morgan fingerprint density at radius 2 is 1.53 bits per heavy atom. The van der Waals surface area contributed by atoms with Crippen molar-refractivity contribution in [1.82, 2.24) is 0 Å². The molecule has 17 heavy (non-hydrogen) atoms. The second kappa shape index (κ2) is 7.03. The lowest BCUT2D eigenvalue weighted by atomic mass is 9.70. The van der Waals surface area contributed by atoms with Gasteiger partial charge in [0.2, 0.25) is 0 Å². The monoisotopic (exact) mass is 240 g/mol. The molecule has 0 spiro atoms. The number of aliphatic carboxylic acids is 1. The minimum atomic E-state index is -0.536. The molecule has 0 aromatic carbocycles. The number of rotatable bonds is 5. The Hall–Kier alpha value is -0.530. The average molecular weight is 240 g/mol. The second-order valence-electron chi connectivity index (χ2n) is 5.74. The predicted molar refractivity (Wildman–Crippen MR) is 71.1 cm³/mol. The quantitative estimate of drug-likeness (QED) is 0.760. The van der Waals surface area contributed by atoms with E-state index in [1.54, 1.807) is 0 Å². The highest BCUT2D eigenvalue weighted by atomic mass is 16.4. The summed E-state index contributed by atoms with van der Waals surface area (Å²) in [6.07, 6.45) is 10.9. The third-order valence-corrected chi connectivity index (χ3v) is 4.60. The summed E-state index contributed by atoms with van der Waals surface area (Å²) in [5.41, 5.74) is -0.406. The van der Waals surface area contributed by atoms with Gasteiger partial charge in [0.1, 0.15) is 0 Å². The van der Waals surface area contributed by atoms with Crippen LogP contribution < -0.4 is 0 Å². The SMILES string of the molecule is CCC(CC)CC1(C(=O)O)CCCCCCC1. The van der Waals surface area contributed by atoms with Crippen molar-refractivity contribution in [2.45, 2.75) is 78.1 Å². The summed E-state index contributed by atoms with van der Waals surface area (Å²) in [6.45, 7) is 4.37. The molecule has 0 unspecified atom stereocenters. The fourth-order valence-corrected chi connectivity index (χ4v) is 3.22. The summed E-state index contributed by atoms with van der Waals surface area (Å²) in [5.74, 6) is 0.0526. The summed E-state index contributed by atoms with van der Waals surface area (Å²) >= 11 is 0. The van der Waals surface area contributed by atoms with Gasteiger partial charge in [0.15, 0.2) is 0 Å². The van der Waals surface area contributed by atoms with E-state index in [1.165, 1.54) is 19.3 Å². The minimum absolute atomic E-state index is 0.406. The normalized spacial score (nSPS) is 20.9. The highest BCUT2D eigenvalue weighted by Crippen LogP contribution is 2.41. The fourth-order valence-electron chi connectivity index (χ4n) is 3.22. The van der Waals surface area contributed by atoms with Crippen LogP contribution in [0.2, 0.25) is 0 Å². The standard InChI is InChI=1S/C15H28O2/c1-3-13(4-2)12-15(14(16)17)10-8-6-5-7-9-11-15/h13H,3-12H2,1-2H3,(H,16,17). The first-order valence-electron chi connectivity index (χ1n) is 7.38. The Labute approximate surface area is 106 Å². The van der Waals surface area contributed by atoms with Crippen molar-refractivity contribution in [3.05, 3.63) is 0 Å². The summed E-state index contributed by atoms with van der Waals surface area (Å²) < 4.78 is 0. The van der Waals surface area contributed by atoms with E-state index in [0.29, 0.717) is 5.92 Å². The maximum absolute atomic E-state index is 11.7. The van der Waals surface area contributed by atoms with Crippen LogP contribution in [0.4, 0.5) is 0 Å². The number of carboxylic acids is 1. The van der Waals surface area contributed by atoms with Gasteiger partial charge in [-0.1, -0.05) is 58.8 Å². The highest BCUT2D eigenvalue weighted by Gasteiger charge is 2.39. The van der Waals surface area contributed by atoms with Crippen LogP contribution in [0.25, 0.3) is 0 Å². The molecule has 0 aromatic rings. The van der Waals surface area contributed by atoms with Crippen molar-refractivity contribution in [1.29, 1.82) is 0 Å². The van der Waals surface area contributed by atoms with Crippen LogP contribution in [0.1, 0.15) is 78.1 Å². The summed E-state index contributed by atoms with van der Waals surface area (Å²) in [4.78, 5) is 11.7. The molecule has 0 heterocycles. The Morgan fingerprint density at radius 1 is 1.06 bits per heavy atom. The predicted octanol–water partition coefficient (Wildman–Crippen LogP) is 4.63.